The van der Waals surface area contributed by atoms with Gasteiger partial charge in [-0.3, -0.25) is 0 Å². The summed E-state index contributed by atoms with van der Waals surface area (Å²) in [6, 6.07) is 6.46. The highest BCUT2D eigenvalue weighted by atomic mass is 19.1. The van der Waals surface area contributed by atoms with Crippen LogP contribution in [0.15, 0.2) is 36.9 Å². The van der Waals surface area contributed by atoms with E-state index in [1.807, 2.05) is 6.92 Å². The molecule has 0 amide bonds. The van der Waals surface area contributed by atoms with E-state index in [0.29, 0.717) is 12.0 Å². The third kappa shape index (κ3) is 3.43. The van der Waals surface area contributed by atoms with Crippen LogP contribution < -0.4 is 5.32 Å². The minimum absolute atomic E-state index is 0.0299. The van der Waals surface area contributed by atoms with Crippen molar-refractivity contribution in [1.82, 2.24) is 5.32 Å². The second-order valence-corrected chi connectivity index (χ2v) is 3.85. The van der Waals surface area contributed by atoms with Crippen LogP contribution >= 0.6 is 0 Å². The molecule has 0 saturated carbocycles. The van der Waals surface area contributed by atoms with Crippen LogP contribution in [0.25, 0.3) is 0 Å². The van der Waals surface area contributed by atoms with E-state index < -0.39 is 0 Å². The van der Waals surface area contributed by atoms with Crippen LogP contribution in [-0.4, -0.2) is 17.8 Å². The van der Waals surface area contributed by atoms with Crippen molar-refractivity contribution >= 4 is 0 Å². The van der Waals surface area contributed by atoms with Gasteiger partial charge in [0, 0.05) is 17.6 Å². The molecule has 0 heterocycles. The Morgan fingerprint density at radius 1 is 1.50 bits per heavy atom. The molecule has 1 unspecified atom stereocenters. The summed E-state index contributed by atoms with van der Waals surface area (Å²) in [5.74, 6) is -0.230. The topological polar surface area (TPSA) is 32.3 Å². The van der Waals surface area contributed by atoms with Crippen molar-refractivity contribution in [3.8, 4) is 0 Å². The fourth-order valence-corrected chi connectivity index (χ4v) is 1.61. The van der Waals surface area contributed by atoms with E-state index in [1.165, 1.54) is 6.07 Å². The summed E-state index contributed by atoms with van der Waals surface area (Å²) in [7, 11) is 0. The molecule has 2 nitrogen and oxygen atoms in total. The molecule has 0 aliphatic rings. The molecule has 0 fully saturated rings. The number of halogens is 1. The molecule has 0 aliphatic carbocycles. The maximum absolute atomic E-state index is 13.6. The molecule has 0 aliphatic heterocycles. The van der Waals surface area contributed by atoms with Crippen LogP contribution in [-0.2, 0) is 0 Å². The first-order valence-corrected chi connectivity index (χ1v) is 5.41. The summed E-state index contributed by atoms with van der Waals surface area (Å²) in [6.07, 6.45) is 2.37. The number of rotatable bonds is 6. The van der Waals surface area contributed by atoms with Gasteiger partial charge in [0.1, 0.15) is 5.82 Å². The highest BCUT2D eigenvalue weighted by molar-refractivity contribution is 5.22. The first-order valence-electron chi connectivity index (χ1n) is 5.41. The van der Waals surface area contributed by atoms with Crippen molar-refractivity contribution in [2.24, 2.45) is 0 Å². The average molecular weight is 223 g/mol. The van der Waals surface area contributed by atoms with Gasteiger partial charge in [-0.1, -0.05) is 24.3 Å². The third-order valence-electron chi connectivity index (χ3n) is 2.44. The Balaban J connectivity index is 2.84. The first kappa shape index (κ1) is 12.9. The van der Waals surface area contributed by atoms with E-state index >= 15 is 0 Å². The largest absolute Gasteiger partial charge is 0.395 e. The maximum atomic E-state index is 13.6. The van der Waals surface area contributed by atoms with Crippen molar-refractivity contribution in [2.75, 3.05) is 6.61 Å². The lowest BCUT2D eigenvalue weighted by Crippen LogP contribution is -2.33. The van der Waals surface area contributed by atoms with Gasteiger partial charge in [0.05, 0.1) is 6.61 Å². The van der Waals surface area contributed by atoms with Gasteiger partial charge in [0.25, 0.3) is 0 Å². The Kier molecular flexibility index (Phi) is 5.15. The first-order chi connectivity index (χ1) is 7.69. The molecule has 16 heavy (non-hydrogen) atoms. The van der Waals surface area contributed by atoms with Crippen LogP contribution in [0.2, 0.25) is 0 Å². The molecule has 88 valence electrons. The average Bonchev–Trinajstić information content (AvgIpc) is 2.29. The van der Waals surface area contributed by atoms with E-state index in [0.717, 1.165) is 0 Å². The minimum atomic E-state index is -0.230. The van der Waals surface area contributed by atoms with Gasteiger partial charge in [0.15, 0.2) is 0 Å². The molecular formula is C13H18FNO. The summed E-state index contributed by atoms with van der Waals surface area (Å²) in [5, 5.41) is 12.1. The molecule has 0 saturated heterocycles. The number of aliphatic hydroxyl groups excluding tert-OH is 1. The van der Waals surface area contributed by atoms with Gasteiger partial charge in [-0.25, -0.2) is 4.39 Å². The monoisotopic (exact) mass is 223 g/mol. The molecule has 2 atom stereocenters. The van der Waals surface area contributed by atoms with Gasteiger partial charge in [-0.2, -0.15) is 0 Å². The normalized spacial score (nSPS) is 14.4. The molecule has 0 spiro atoms. The van der Waals surface area contributed by atoms with Gasteiger partial charge >= 0.3 is 0 Å². The fraction of sp³-hybridized carbons (Fsp3) is 0.385. The van der Waals surface area contributed by atoms with Gasteiger partial charge in [-0.05, 0) is 19.4 Å². The molecule has 0 radical (unpaired) electrons. The second kappa shape index (κ2) is 6.40. The third-order valence-corrected chi connectivity index (χ3v) is 2.44. The van der Waals surface area contributed by atoms with Crippen molar-refractivity contribution in [3.05, 3.63) is 48.3 Å². The Morgan fingerprint density at radius 3 is 2.75 bits per heavy atom. The van der Waals surface area contributed by atoms with E-state index in [2.05, 4.69) is 11.9 Å². The fourth-order valence-electron chi connectivity index (χ4n) is 1.61. The van der Waals surface area contributed by atoms with Crippen LogP contribution in [0.4, 0.5) is 4.39 Å². The Hall–Kier alpha value is -1.19. The summed E-state index contributed by atoms with van der Waals surface area (Å²) < 4.78 is 13.6. The predicted octanol–water partition coefficient (Wildman–Crippen LogP) is 2.41. The Labute approximate surface area is 95.8 Å². The number of benzene rings is 1. The lowest BCUT2D eigenvalue weighted by Gasteiger charge is -2.22. The van der Waals surface area contributed by atoms with Crippen molar-refractivity contribution < 1.29 is 9.50 Å². The van der Waals surface area contributed by atoms with Gasteiger partial charge < -0.3 is 10.4 Å². The number of nitrogens with one attached hydrogen (secondary N) is 1. The Morgan fingerprint density at radius 2 is 2.19 bits per heavy atom. The zero-order valence-corrected chi connectivity index (χ0v) is 9.49. The summed E-state index contributed by atoms with van der Waals surface area (Å²) in [6.45, 7) is 5.55. The summed E-state index contributed by atoms with van der Waals surface area (Å²) in [4.78, 5) is 0. The smallest absolute Gasteiger partial charge is 0.127 e. The van der Waals surface area contributed by atoms with Gasteiger partial charge in [0.2, 0.25) is 0 Å². The summed E-state index contributed by atoms with van der Waals surface area (Å²) >= 11 is 0. The molecule has 1 aromatic rings. The number of aliphatic hydroxyl groups is 1. The quantitative estimate of drug-likeness (QED) is 0.726. The molecular weight excluding hydrogens is 205 g/mol. The molecule has 0 aromatic heterocycles. The maximum Gasteiger partial charge on any atom is 0.127 e. The molecule has 3 heteroatoms. The van der Waals surface area contributed by atoms with Crippen LogP contribution in [0.1, 0.15) is 24.9 Å². The van der Waals surface area contributed by atoms with Gasteiger partial charge in [-0.15, -0.1) is 6.58 Å². The van der Waals surface area contributed by atoms with Crippen LogP contribution in [0, 0.1) is 5.82 Å². The van der Waals surface area contributed by atoms with Crippen molar-refractivity contribution in [2.45, 2.75) is 25.4 Å². The lowest BCUT2D eigenvalue weighted by atomic mass is 10.0. The molecule has 1 rings (SSSR count). The molecule has 2 N–H and O–H groups in total. The minimum Gasteiger partial charge on any atom is -0.395 e. The predicted molar refractivity (Wildman–Crippen MR) is 63.6 cm³/mol. The lowest BCUT2D eigenvalue weighted by molar-refractivity contribution is 0.240. The zero-order valence-electron chi connectivity index (χ0n) is 9.49. The highest BCUT2D eigenvalue weighted by Crippen LogP contribution is 2.20. The van der Waals surface area contributed by atoms with Crippen molar-refractivity contribution in [1.29, 1.82) is 0 Å². The van der Waals surface area contributed by atoms with Crippen LogP contribution in [0.3, 0.4) is 0 Å². The number of hydrogen-bond donors (Lipinski definition) is 2. The zero-order chi connectivity index (χ0) is 12.0. The standard InChI is InChI=1S/C13H18FNO/c1-3-6-13(15-10(2)9-16)11-7-4-5-8-12(11)14/h3-5,7-8,10,13,15-16H,1,6,9H2,2H3/t10-,13?/m0/s1. The SMILES string of the molecule is C=CCC(N[C@@H](C)CO)c1ccccc1F. The molecule has 1 aromatic carbocycles. The highest BCUT2D eigenvalue weighted by Gasteiger charge is 2.15. The Bertz CT molecular complexity index is 340. The van der Waals surface area contributed by atoms with E-state index in [-0.39, 0.29) is 24.5 Å². The summed E-state index contributed by atoms with van der Waals surface area (Å²) in [5.41, 5.74) is 0.614. The van der Waals surface area contributed by atoms with Crippen LogP contribution in [0.5, 0.6) is 0 Å². The van der Waals surface area contributed by atoms with E-state index in [4.69, 9.17) is 5.11 Å². The molecule has 0 bridgehead atoms. The van der Waals surface area contributed by atoms with E-state index in [9.17, 15) is 4.39 Å². The number of hydrogen-bond acceptors (Lipinski definition) is 2. The second-order valence-electron chi connectivity index (χ2n) is 3.85. The van der Waals surface area contributed by atoms with Crippen molar-refractivity contribution in [3.63, 3.8) is 0 Å². The van der Waals surface area contributed by atoms with E-state index in [1.54, 1.807) is 24.3 Å².